The number of benzene rings is 2. The van der Waals surface area contributed by atoms with Crippen molar-refractivity contribution in [2.45, 2.75) is 12.3 Å². The zero-order valence-corrected chi connectivity index (χ0v) is 9.39. The Morgan fingerprint density at radius 2 is 1.65 bits per heavy atom. The van der Waals surface area contributed by atoms with E-state index in [1.54, 1.807) is 0 Å². The van der Waals surface area contributed by atoms with Crippen LogP contribution in [0.5, 0.6) is 5.75 Å². The van der Waals surface area contributed by atoms with E-state index in [9.17, 15) is 0 Å². The Balaban J connectivity index is 1.97. The number of ether oxygens (including phenoxy) is 1. The van der Waals surface area contributed by atoms with E-state index in [-0.39, 0.29) is 0 Å². The molecule has 17 heavy (non-hydrogen) atoms. The van der Waals surface area contributed by atoms with Crippen LogP contribution in [0.3, 0.4) is 0 Å². The maximum absolute atomic E-state index is 5.93. The Kier molecular flexibility index (Phi) is 1.72. The van der Waals surface area contributed by atoms with E-state index < -0.39 is 0 Å². The van der Waals surface area contributed by atoms with E-state index in [1.165, 1.54) is 16.7 Å². The van der Waals surface area contributed by atoms with Gasteiger partial charge in [-0.2, -0.15) is 0 Å². The molecule has 1 heterocycles. The molecule has 0 bridgehead atoms. The van der Waals surface area contributed by atoms with Crippen LogP contribution in [0.25, 0.3) is 0 Å². The minimum Gasteiger partial charge on any atom is -0.461 e. The van der Waals surface area contributed by atoms with Crippen molar-refractivity contribution < 1.29 is 4.74 Å². The fraction of sp³-hybridized carbons (Fsp3) is 0.125. The van der Waals surface area contributed by atoms with Crippen molar-refractivity contribution in [3.05, 3.63) is 77.1 Å². The Labute approximate surface area is 100 Å². The molecule has 2 aromatic rings. The van der Waals surface area contributed by atoms with Crippen molar-refractivity contribution in [1.29, 1.82) is 0 Å². The number of para-hydroxylation sites is 1. The predicted molar refractivity (Wildman–Crippen MR) is 67.1 cm³/mol. The van der Waals surface area contributed by atoms with E-state index in [4.69, 9.17) is 4.74 Å². The van der Waals surface area contributed by atoms with Crippen molar-refractivity contribution in [2.24, 2.45) is 0 Å². The van der Waals surface area contributed by atoms with Crippen LogP contribution in [0.4, 0.5) is 0 Å². The Bertz CT molecular complexity index is 619. The molecule has 4 rings (SSSR count). The van der Waals surface area contributed by atoms with E-state index in [1.807, 2.05) is 6.07 Å². The molecule has 1 nitrogen and oxygen atoms in total. The monoisotopic (exact) mass is 220 g/mol. The molecule has 2 aromatic carbocycles. The molecule has 1 aliphatic carbocycles. The summed E-state index contributed by atoms with van der Waals surface area (Å²) in [5.41, 5.74) is 4.11. The smallest absolute Gasteiger partial charge is 0.131 e. The zero-order valence-electron chi connectivity index (χ0n) is 9.39. The fourth-order valence-electron chi connectivity index (χ4n) is 2.84. The third-order valence-electron chi connectivity index (χ3n) is 3.63. The number of fused-ring (bicyclic) bond motifs is 5. The fourth-order valence-corrected chi connectivity index (χ4v) is 2.84. The number of rotatable bonds is 0. The van der Waals surface area contributed by atoms with Gasteiger partial charge in [0, 0.05) is 5.56 Å². The van der Waals surface area contributed by atoms with Crippen molar-refractivity contribution in [1.82, 2.24) is 0 Å². The highest BCUT2D eigenvalue weighted by atomic mass is 16.5. The SMILES string of the molecule is C1=C2Oc3ccccc3C2c2ccccc2C1. The molecule has 0 aromatic heterocycles. The summed E-state index contributed by atoms with van der Waals surface area (Å²) >= 11 is 0. The summed E-state index contributed by atoms with van der Waals surface area (Å²) in [6.07, 6.45) is 3.20. The van der Waals surface area contributed by atoms with Gasteiger partial charge in [-0.05, 0) is 29.7 Å². The Morgan fingerprint density at radius 1 is 0.882 bits per heavy atom. The van der Waals surface area contributed by atoms with Crippen molar-refractivity contribution in [3.63, 3.8) is 0 Å². The molecule has 0 saturated carbocycles. The van der Waals surface area contributed by atoms with Crippen LogP contribution in [0.15, 0.2) is 60.4 Å². The molecule has 1 unspecified atom stereocenters. The summed E-state index contributed by atoms with van der Waals surface area (Å²) in [4.78, 5) is 0. The average molecular weight is 220 g/mol. The second-order valence-corrected chi connectivity index (χ2v) is 4.58. The highest BCUT2D eigenvalue weighted by Crippen LogP contribution is 2.47. The second kappa shape index (κ2) is 3.24. The normalized spacial score (nSPS) is 19.8. The van der Waals surface area contributed by atoms with Gasteiger partial charge in [0.2, 0.25) is 0 Å². The average Bonchev–Trinajstić information content (AvgIpc) is 2.77. The summed E-state index contributed by atoms with van der Waals surface area (Å²) in [5.74, 6) is 2.43. The number of hydrogen-bond acceptors (Lipinski definition) is 1. The Hall–Kier alpha value is -2.02. The number of allylic oxidation sites excluding steroid dienone is 2. The molecule has 0 fully saturated rings. The molecule has 1 aliphatic heterocycles. The maximum Gasteiger partial charge on any atom is 0.131 e. The van der Waals surface area contributed by atoms with Crippen molar-refractivity contribution in [2.75, 3.05) is 0 Å². The zero-order chi connectivity index (χ0) is 11.2. The maximum atomic E-state index is 5.93. The third-order valence-corrected chi connectivity index (χ3v) is 3.63. The van der Waals surface area contributed by atoms with Crippen LogP contribution >= 0.6 is 0 Å². The lowest BCUT2D eigenvalue weighted by Crippen LogP contribution is -2.09. The summed E-state index contributed by atoms with van der Waals surface area (Å²) in [7, 11) is 0. The van der Waals surface area contributed by atoms with E-state index in [0.29, 0.717) is 5.92 Å². The van der Waals surface area contributed by atoms with Gasteiger partial charge in [-0.1, -0.05) is 42.5 Å². The molecule has 0 spiro atoms. The van der Waals surface area contributed by atoms with Gasteiger partial charge in [-0.25, -0.2) is 0 Å². The minimum absolute atomic E-state index is 0.316. The minimum atomic E-state index is 0.316. The van der Waals surface area contributed by atoms with E-state index in [0.717, 1.165) is 17.9 Å². The summed E-state index contributed by atoms with van der Waals surface area (Å²) < 4.78 is 5.93. The lowest BCUT2D eigenvalue weighted by Gasteiger charge is -2.20. The lowest BCUT2D eigenvalue weighted by atomic mass is 9.83. The predicted octanol–water partition coefficient (Wildman–Crippen LogP) is 3.65. The van der Waals surface area contributed by atoms with Crippen LogP contribution < -0.4 is 4.74 Å². The first-order valence-electron chi connectivity index (χ1n) is 5.98. The summed E-state index contributed by atoms with van der Waals surface area (Å²) in [6, 6.07) is 17.0. The van der Waals surface area contributed by atoms with E-state index in [2.05, 4.69) is 48.5 Å². The molecule has 0 N–H and O–H groups in total. The molecular weight excluding hydrogens is 208 g/mol. The van der Waals surface area contributed by atoms with Gasteiger partial charge in [0.15, 0.2) is 0 Å². The van der Waals surface area contributed by atoms with Gasteiger partial charge < -0.3 is 4.74 Å². The van der Waals surface area contributed by atoms with Crippen LogP contribution in [-0.2, 0) is 6.42 Å². The first-order valence-corrected chi connectivity index (χ1v) is 5.98. The number of hydrogen-bond donors (Lipinski definition) is 0. The first-order chi connectivity index (χ1) is 8.43. The van der Waals surface area contributed by atoms with Gasteiger partial charge in [0.25, 0.3) is 0 Å². The van der Waals surface area contributed by atoms with Crippen LogP contribution in [0, 0.1) is 0 Å². The molecular formula is C16H12O. The van der Waals surface area contributed by atoms with Gasteiger partial charge in [0.1, 0.15) is 11.5 Å². The molecule has 1 atom stereocenters. The Morgan fingerprint density at radius 3 is 2.59 bits per heavy atom. The van der Waals surface area contributed by atoms with Gasteiger partial charge in [-0.15, -0.1) is 0 Å². The topological polar surface area (TPSA) is 9.23 Å². The molecule has 2 aliphatic rings. The van der Waals surface area contributed by atoms with Gasteiger partial charge in [0.05, 0.1) is 5.92 Å². The van der Waals surface area contributed by atoms with Crippen LogP contribution in [0.1, 0.15) is 22.6 Å². The summed E-state index contributed by atoms with van der Waals surface area (Å²) in [5, 5.41) is 0. The van der Waals surface area contributed by atoms with Crippen LogP contribution in [-0.4, -0.2) is 0 Å². The first kappa shape index (κ1) is 9.06. The summed E-state index contributed by atoms with van der Waals surface area (Å²) in [6.45, 7) is 0. The largest absolute Gasteiger partial charge is 0.461 e. The molecule has 0 amide bonds. The molecule has 0 saturated heterocycles. The van der Waals surface area contributed by atoms with Crippen molar-refractivity contribution in [3.8, 4) is 5.75 Å². The lowest BCUT2D eigenvalue weighted by molar-refractivity contribution is 0.431. The highest BCUT2D eigenvalue weighted by Gasteiger charge is 2.33. The van der Waals surface area contributed by atoms with Gasteiger partial charge in [-0.3, -0.25) is 0 Å². The third kappa shape index (κ3) is 1.19. The molecule has 1 heteroatoms. The second-order valence-electron chi connectivity index (χ2n) is 4.58. The van der Waals surface area contributed by atoms with E-state index >= 15 is 0 Å². The molecule has 0 radical (unpaired) electrons. The highest BCUT2D eigenvalue weighted by molar-refractivity contribution is 5.56. The van der Waals surface area contributed by atoms with Gasteiger partial charge >= 0.3 is 0 Å². The van der Waals surface area contributed by atoms with Crippen LogP contribution in [0.2, 0.25) is 0 Å². The quantitative estimate of drug-likeness (QED) is 0.658. The molecule has 82 valence electrons. The van der Waals surface area contributed by atoms with Crippen molar-refractivity contribution >= 4 is 0 Å². The standard InChI is InChI=1S/C16H12O/c1-2-6-12-11(5-1)9-10-15-16(12)13-7-3-4-8-14(13)17-15/h1-8,10,16H,9H2.